The summed E-state index contributed by atoms with van der Waals surface area (Å²) in [5, 5.41) is 2.84. The van der Waals surface area contributed by atoms with Gasteiger partial charge in [-0.3, -0.25) is 9.78 Å². The van der Waals surface area contributed by atoms with Crippen LogP contribution in [0.3, 0.4) is 0 Å². The first-order valence-corrected chi connectivity index (χ1v) is 7.13. The smallest absolute Gasteiger partial charge is 0.255 e. The van der Waals surface area contributed by atoms with E-state index in [2.05, 4.69) is 15.3 Å². The number of amides is 1. The molecule has 3 aromatic rings. The molecule has 2 aromatic heterocycles. The van der Waals surface area contributed by atoms with Gasteiger partial charge in [-0.2, -0.15) is 0 Å². The van der Waals surface area contributed by atoms with Gasteiger partial charge in [0, 0.05) is 29.7 Å². The van der Waals surface area contributed by atoms with Crippen molar-refractivity contribution >= 4 is 11.6 Å². The monoisotopic (exact) mass is 305 g/mol. The van der Waals surface area contributed by atoms with Gasteiger partial charge in [0.15, 0.2) is 0 Å². The van der Waals surface area contributed by atoms with Crippen LogP contribution in [0.4, 0.5) is 5.69 Å². The number of carbonyl (C=O) groups is 1. The second-order valence-electron chi connectivity index (χ2n) is 5.00. The summed E-state index contributed by atoms with van der Waals surface area (Å²) in [6, 6.07) is 14.4. The van der Waals surface area contributed by atoms with Crippen molar-refractivity contribution in [2.75, 3.05) is 5.32 Å². The molecule has 1 N–H and O–H groups in total. The van der Waals surface area contributed by atoms with Gasteiger partial charge in [-0.25, -0.2) is 4.98 Å². The number of hydrogen-bond acceptors (Lipinski definition) is 4. The maximum atomic E-state index is 12.3. The summed E-state index contributed by atoms with van der Waals surface area (Å²) in [5.74, 6) is 0.800. The molecule has 3 rings (SSSR count). The molecule has 1 aromatic carbocycles. The van der Waals surface area contributed by atoms with Crippen LogP contribution in [0.15, 0.2) is 67.1 Å². The molecule has 0 aliphatic heterocycles. The van der Waals surface area contributed by atoms with E-state index in [-0.39, 0.29) is 5.91 Å². The Morgan fingerprint density at radius 3 is 2.78 bits per heavy atom. The van der Waals surface area contributed by atoms with Crippen LogP contribution in [-0.4, -0.2) is 15.9 Å². The van der Waals surface area contributed by atoms with Gasteiger partial charge in [-0.1, -0.05) is 17.7 Å². The number of aryl methyl sites for hydroxylation is 1. The molecule has 0 aliphatic carbocycles. The third kappa shape index (κ3) is 3.91. The predicted molar refractivity (Wildman–Crippen MR) is 87.7 cm³/mol. The molecule has 0 radical (unpaired) electrons. The van der Waals surface area contributed by atoms with Gasteiger partial charge in [0.25, 0.3) is 5.91 Å². The average molecular weight is 305 g/mol. The summed E-state index contributed by atoms with van der Waals surface area (Å²) in [5.41, 5.74) is 2.26. The Morgan fingerprint density at radius 2 is 2.00 bits per heavy atom. The SMILES string of the molecule is Cc1cccc(C(=O)Nc2ccnc(Oc3cccnc3)c2)c1. The number of carbonyl (C=O) groups excluding carboxylic acids is 1. The fourth-order valence-electron chi connectivity index (χ4n) is 2.06. The number of nitrogens with one attached hydrogen (secondary N) is 1. The number of pyridine rings is 2. The third-order valence-electron chi connectivity index (χ3n) is 3.13. The van der Waals surface area contributed by atoms with Crippen molar-refractivity contribution < 1.29 is 9.53 Å². The van der Waals surface area contributed by atoms with Crippen LogP contribution in [0, 0.1) is 6.92 Å². The Kier molecular flexibility index (Phi) is 4.29. The fourth-order valence-corrected chi connectivity index (χ4v) is 2.06. The van der Waals surface area contributed by atoms with E-state index in [1.807, 2.05) is 25.1 Å². The molecule has 0 unspecified atom stereocenters. The number of rotatable bonds is 4. The molecular weight excluding hydrogens is 290 g/mol. The lowest BCUT2D eigenvalue weighted by Crippen LogP contribution is -2.12. The van der Waals surface area contributed by atoms with Crippen molar-refractivity contribution in [2.24, 2.45) is 0 Å². The van der Waals surface area contributed by atoms with E-state index in [0.717, 1.165) is 5.56 Å². The Hall–Kier alpha value is -3.21. The number of benzene rings is 1. The molecule has 0 bridgehead atoms. The lowest BCUT2D eigenvalue weighted by atomic mass is 10.1. The number of anilines is 1. The number of hydrogen-bond donors (Lipinski definition) is 1. The number of aromatic nitrogens is 2. The number of nitrogens with zero attached hydrogens (tertiary/aromatic N) is 2. The molecule has 0 saturated heterocycles. The first-order chi connectivity index (χ1) is 11.2. The summed E-state index contributed by atoms with van der Waals surface area (Å²) >= 11 is 0. The standard InChI is InChI=1S/C18H15N3O2/c1-13-4-2-5-14(10-13)18(22)21-15-7-9-20-17(11-15)23-16-6-3-8-19-12-16/h2-12H,1H3,(H,20,21,22). The maximum absolute atomic E-state index is 12.3. The van der Waals surface area contributed by atoms with Gasteiger partial charge < -0.3 is 10.1 Å². The van der Waals surface area contributed by atoms with E-state index in [9.17, 15) is 4.79 Å². The van der Waals surface area contributed by atoms with E-state index in [1.54, 1.807) is 48.9 Å². The molecule has 23 heavy (non-hydrogen) atoms. The maximum Gasteiger partial charge on any atom is 0.255 e. The average Bonchev–Trinajstić information content (AvgIpc) is 2.56. The van der Waals surface area contributed by atoms with Gasteiger partial charge in [0.1, 0.15) is 5.75 Å². The van der Waals surface area contributed by atoms with E-state index >= 15 is 0 Å². The van der Waals surface area contributed by atoms with Crippen LogP contribution < -0.4 is 10.1 Å². The van der Waals surface area contributed by atoms with Crippen molar-refractivity contribution in [3.63, 3.8) is 0 Å². The molecular formula is C18H15N3O2. The highest BCUT2D eigenvalue weighted by Crippen LogP contribution is 2.21. The Morgan fingerprint density at radius 1 is 1.09 bits per heavy atom. The Labute approximate surface area is 134 Å². The molecule has 5 nitrogen and oxygen atoms in total. The molecule has 0 saturated carbocycles. The first kappa shape index (κ1) is 14.7. The zero-order valence-electron chi connectivity index (χ0n) is 12.6. The number of ether oxygens (including phenoxy) is 1. The fraction of sp³-hybridized carbons (Fsp3) is 0.0556. The van der Waals surface area contributed by atoms with Crippen LogP contribution in [0.5, 0.6) is 11.6 Å². The van der Waals surface area contributed by atoms with Crippen molar-refractivity contribution in [2.45, 2.75) is 6.92 Å². The Balaban J connectivity index is 1.74. The Bertz CT molecular complexity index is 819. The molecule has 0 spiro atoms. The highest BCUT2D eigenvalue weighted by molar-refractivity contribution is 6.04. The van der Waals surface area contributed by atoms with E-state index in [0.29, 0.717) is 22.9 Å². The zero-order chi connectivity index (χ0) is 16.1. The molecule has 1 amide bonds. The quantitative estimate of drug-likeness (QED) is 0.795. The lowest BCUT2D eigenvalue weighted by molar-refractivity contribution is 0.102. The second kappa shape index (κ2) is 6.70. The molecule has 114 valence electrons. The summed E-state index contributed by atoms with van der Waals surface area (Å²) in [4.78, 5) is 20.4. The predicted octanol–water partition coefficient (Wildman–Crippen LogP) is 3.83. The molecule has 0 aliphatic rings. The van der Waals surface area contributed by atoms with Gasteiger partial charge >= 0.3 is 0 Å². The summed E-state index contributed by atoms with van der Waals surface area (Å²) < 4.78 is 5.60. The molecule has 2 heterocycles. The van der Waals surface area contributed by atoms with Crippen LogP contribution >= 0.6 is 0 Å². The molecule has 5 heteroatoms. The van der Waals surface area contributed by atoms with Crippen molar-refractivity contribution in [3.05, 3.63) is 78.2 Å². The highest BCUT2D eigenvalue weighted by atomic mass is 16.5. The van der Waals surface area contributed by atoms with Crippen LogP contribution in [-0.2, 0) is 0 Å². The van der Waals surface area contributed by atoms with Crippen LogP contribution in [0.2, 0.25) is 0 Å². The topological polar surface area (TPSA) is 64.1 Å². The third-order valence-corrected chi connectivity index (χ3v) is 3.13. The van der Waals surface area contributed by atoms with Crippen molar-refractivity contribution in [3.8, 4) is 11.6 Å². The minimum Gasteiger partial charge on any atom is -0.437 e. The van der Waals surface area contributed by atoms with E-state index in [1.165, 1.54) is 0 Å². The summed E-state index contributed by atoms with van der Waals surface area (Å²) in [7, 11) is 0. The molecule has 0 fully saturated rings. The van der Waals surface area contributed by atoms with Crippen molar-refractivity contribution in [1.82, 2.24) is 9.97 Å². The van der Waals surface area contributed by atoms with E-state index in [4.69, 9.17) is 4.74 Å². The summed E-state index contributed by atoms with van der Waals surface area (Å²) in [6.45, 7) is 1.95. The van der Waals surface area contributed by atoms with Gasteiger partial charge in [0.05, 0.1) is 6.20 Å². The largest absolute Gasteiger partial charge is 0.437 e. The first-order valence-electron chi connectivity index (χ1n) is 7.13. The second-order valence-corrected chi connectivity index (χ2v) is 5.00. The zero-order valence-corrected chi connectivity index (χ0v) is 12.6. The van der Waals surface area contributed by atoms with Crippen LogP contribution in [0.25, 0.3) is 0 Å². The van der Waals surface area contributed by atoms with Crippen molar-refractivity contribution in [1.29, 1.82) is 0 Å². The van der Waals surface area contributed by atoms with Crippen LogP contribution in [0.1, 0.15) is 15.9 Å². The normalized spacial score (nSPS) is 10.1. The molecule has 0 atom stereocenters. The lowest BCUT2D eigenvalue weighted by Gasteiger charge is -2.08. The van der Waals surface area contributed by atoms with E-state index < -0.39 is 0 Å². The van der Waals surface area contributed by atoms with Gasteiger partial charge in [-0.05, 0) is 37.3 Å². The highest BCUT2D eigenvalue weighted by Gasteiger charge is 2.07. The minimum atomic E-state index is -0.174. The summed E-state index contributed by atoms with van der Waals surface area (Å²) in [6.07, 6.45) is 4.84. The minimum absolute atomic E-state index is 0.174. The van der Waals surface area contributed by atoms with Gasteiger partial charge in [0.2, 0.25) is 5.88 Å². The van der Waals surface area contributed by atoms with Gasteiger partial charge in [-0.15, -0.1) is 0 Å².